The fourth-order valence-electron chi connectivity index (χ4n) is 3.10. The minimum atomic E-state index is -0.590. The van der Waals surface area contributed by atoms with Gasteiger partial charge >= 0.3 is 5.97 Å². The third-order valence-electron chi connectivity index (χ3n) is 4.61. The quantitative estimate of drug-likeness (QED) is 0.600. The van der Waals surface area contributed by atoms with Crippen molar-refractivity contribution in [3.05, 3.63) is 64.7 Å². The zero-order valence-electron chi connectivity index (χ0n) is 15.5. The Labute approximate surface area is 157 Å². The lowest BCUT2D eigenvalue weighted by atomic mass is 10.2. The van der Waals surface area contributed by atoms with Gasteiger partial charge in [-0.15, -0.1) is 0 Å². The SMILES string of the molecule is Cc1cc(/C=C/C(=O)OCC(=O)NCc2ccccc2F)c(C)n1C1CC1. The van der Waals surface area contributed by atoms with E-state index in [1.54, 1.807) is 24.3 Å². The van der Waals surface area contributed by atoms with E-state index >= 15 is 0 Å². The van der Waals surface area contributed by atoms with E-state index in [9.17, 15) is 14.0 Å². The Balaban J connectivity index is 1.47. The monoisotopic (exact) mass is 370 g/mol. The predicted octanol–water partition coefficient (Wildman–Crippen LogP) is 3.45. The Morgan fingerprint density at radius 2 is 2.04 bits per heavy atom. The molecule has 1 aliphatic carbocycles. The molecule has 0 aliphatic heterocycles. The normalized spacial score (nSPS) is 13.7. The molecule has 1 N–H and O–H groups in total. The lowest BCUT2D eigenvalue weighted by Gasteiger charge is -2.07. The number of hydrogen-bond donors (Lipinski definition) is 1. The Morgan fingerprint density at radius 3 is 2.74 bits per heavy atom. The van der Waals surface area contributed by atoms with Crippen molar-refractivity contribution in [3.8, 4) is 0 Å². The number of amides is 1. The second-order valence-electron chi connectivity index (χ2n) is 6.74. The Morgan fingerprint density at radius 1 is 1.30 bits per heavy atom. The summed E-state index contributed by atoms with van der Waals surface area (Å²) in [6.45, 7) is 3.73. The van der Waals surface area contributed by atoms with E-state index in [4.69, 9.17) is 4.74 Å². The predicted molar refractivity (Wildman–Crippen MR) is 100 cm³/mol. The molecule has 1 aromatic carbocycles. The topological polar surface area (TPSA) is 60.3 Å². The molecule has 142 valence electrons. The van der Waals surface area contributed by atoms with Crippen LogP contribution >= 0.6 is 0 Å². The number of nitrogens with zero attached hydrogens (tertiary/aromatic N) is 1. The van der Waals surface area contributed by atoms with Crippen LogP contribution in [-0.2, 0) is 20.9 Å². The number of halogens is 1. The van der Waals surface area contributed by atoms with E-state index < -0.39 is 18.5 Å². The fourth-order valence-corrected chi connectivity index (χ4v) is 3.10. The third-order valence-corrected chi connectivity index (χ3v) is 4.61. The number of esters is 1. The van der Waals surface area contributed by atoms with Crippen LogP contribution in [0.15, 0.2) is 36.4 Å². The molecule has 3 rings (SSSR count). The molecule has 0 bridgehead atoms. The van der Waals surface area contributed by atoms with Crippen LogP contribution in [0, 0.1) is 19.7 Å². The summed E-state index contributed by atoms with van der Waals surface area (Å²) in [5, 5.41) is 2.52. The number of rotatable bonds is 7. The van der Waals surface area contributed by atoms with Gasteiger partial charge in [0.15, 0.2) is 6.61 Å². The molecule has 0 saturated heterocycles. The highest BCUT2D eigenvalue weighted by atomic mass is 19.1. The average molecular weight is 370 g/mol. The summed E-state index contributed by atoms with van der Waals surface area (Å²) in [4.78, 5) is 23.6. The summed E-state index contributed by atoms with van der Waals surface area (Å²) in [7, 11) is 0. The summed E-state index contributed by atoms with van der Waals surface area (Å²) in [5.41, 5.74) is 3.65. The molecular weight excluding hydrogens is 347 g/mol. The number of ether oxygens (including phenoxy) is 1. The molecule has 0 radical (unpaired) electrons. The van der Waals surface area contributed by atoms with Crippen molar-refractivity contribution in [3.63, 3.8) is 0 Å². The average Bonchev–Trinajstić information content (AvgIpc) is 3.43. The minimum absolute atomic E-state index is 0.0477. The van der Waals surface area contributed by atoms with Crippen molar-refractivity contribution in [1.82, 2.24) is 9.88 Å². The van der Waals surface area contributed by atoms with Gasteiger partial charge in [0.1, 0.15) is 5.82 Å². The smallest absolute Gasteiger partial charge is 0.331 e. The Kier molecular flexibility index (Phi) is 5.74. The highest BCUT2D eigenvalue weighted by molar-refractivity contribution is 5.89. The zero-order chi connectivity index (χ0) is 19.4. The van der Waals surface area contributed by atoms with Crippen LogP contribution in [0.4, 0.5) is 4.39 Å². The first-order chi connectivity index (χ1) is 13.0. The largest absolute Gasteiger partial charge is 0.452 e. The highest BCUT2D eigenvalue weighted by Gasteiger charge is 2.26. The number of carbonyl (C=O) groups excluding carboxylic acids is 2. The molecule has 1 aromatic heterocycles. The van der Waals surface area contributed by atoms with E-state index in [1.165, 1.54) is 30.7 Å². The van der Waals surface area contributed by atoms with Crippen molar-refractivity contribution in [2.75, 3.05) is 6.61 Å². The van der Waals surface area contributed by atoms with Gasteiger partial charge in [-0.05, 0) is 50.5 Å². The van der Waals surface area contributed by atoms with Crippen molar-refractivity contribution in [2.45, 2.75) is 39.3 Å². The molecule has 27 heavy (non-hydrogen) atoms. The Bertz CT molecular complexity index is 882. The molecule has 1 aliphatic rings. The molecule has 1 amide bonds. The van der Waals surface area contributed by atoms with Crippen LogP contribution in [0.1, 0.15) is 41.4 Å². The first-order valence-corrected chi connectivity index (χ1v) is 8.99. The third kappa shape index (κ3) is 4.84. The van der Waals surface area contributed by atoms with E-state index in [0.717, 1.165) is 11.3 Å². The van der Waals surface area contributed by atoms with Crippen LogP contribution in [-0.4, -0.2) is 23.1 Å². The van der Waals surface area contributed by atoms with Crippen LogP contribution in [0.3, 0.4) is 0 Å². The van der Waals surface area contributed by atoms with Crippen LogP contribution in [0.2, 0.25) is 0 Å². The highest BCUT2D eigenvalue weighted by Crippen LogP contribution is 2.38. The number of nitrogens with one attached hydrogen (secondary N) is 1. The summed E-state index contributed by atoms with van der Waals surface area (Å²) in [6.07, 6.45) is 5.43. The zero-order valence-corrected chi connectivity index (χ0v) is 15.5. The summed E-state index contributed by atoms with van der Waals surface area (Å²) < 4.78 is 20.7. The van der Waals surface area contributed by atoms with Crippen molar-refractivity contribution < 1.29 is 18.7 Å². The Hall–Kier alpha value is -2.89. The standard InChI is InChI=1S/C21H23FN2O3/c1-14-11-16(15(2)24(14)18-8-9-18)7-10-21(26)27-13-20(25)23-12-17-5-3-4-6-19(17)22/h3-7,10-11,18H,8-9,12-13H2,1-2H3,(H,23,25)/b10-7+. The van der Waals surface area contributed by atoms with Crippen LogP contribution in [0.5, 0.6) is 0 Å². The molecule has 2 aromatic rings. The maximum Gasteiger partial charge on any atom is 0.331 e. The van der Waals surface area contributed by atoms with E-state index in [-0.39, 0.29) is 12.4 Å². The van der Waals surface area contributed by atoms with Gasteiger partial charge in [0.25, 0.3) is 5.91 Å². The van der Waals surface area contributed by atoms with Crippen molar-refractivity contribution >= 4 is 18.0 Å². The number of aromatic nitrogens is 1. The summed E-state index contributed by atoms with van der Waals surface area (Å²) in [6, 6.07) is 8.80. The number of carbonyl (C=O) groups is 2. The van der Waals surface area contributed by atoms with Gasteiger partial charge in [-0.25, -0.2) is 9.18 Å². The van der Waals surface area contributed by atoms with Gasteiger partial charge in [0.05, 0.1) is 0 Å². The van der Waals surface area contributed by atoms with E-state index in [0.29, 0.717) is 11.6 Å². The molecule has 6 heteroatoms. The molecule has 0 unspecified atom stereocenters. The molecule has 5 nitrogen and oxygen atoms in total. The molecule has 0 atom stereocenters. The first-order valence-electron chi connectivity index (χ1n) is 8.99. The van der Waals surface area contributed by atoms with Gasteiger partial charge < -0.3 is 14.6 Å². The van der Waals surface area contributed by atoms with Crippen molar-refractivity contribution in [1.29, 1.82) is 0 Å². The number of aryl methyl sites for hydroxylation is 1. The van der Waals surface area contributed by atoms with Gasteiger partial charge in [-0.2, -0.15) is 0 Å². The first kappa shape index (κ1) is 18.9. The van der Waals surface area contributed by atoms with E-state index in [2.05, 4.69) is 16.8 Å². The summed E-state index contributed by atoms with van der Waals surface area (Å²) in [5.74, 6) is -1.46. The van der Waals surface area contributed by atoms with Crippen LogP contribution in [0.25, 0.3) is 6.08 Å². The molecule has 1 fully saturated rings. The number of benzene rings is 1. The second-order valence-corrected chi connectivity index (χ2v) is 6.74. The number of hydrogen-bond acceptors (Lipinski definition) is 3. The lowest BCUT2D eigenvalue weighted by molar-refractivity contribution is -0.143. The molecule has 0 spiro atoms. The fraction of sp³-hybridized carbons (Fsp3) is 0.333. The minimum Gasteiger partial charge on any atom is -0.452 e. The van der Waals surface area contributed by atoms with Crippen LogP contribution < -0.4 is 5.32 Å². The van der Waals surface area contributed by atoms with Gasteiger partial charge in [-0.3, -0.25) is 4.79 Å². The molecular formula is C21H23FN2O3. The van der Waals surface area contributed by atoms with Gasteiger partial charge in [0, 0.05) is 35.6 Å². The maximum atomic E-state index is 13.5. The summed E-state index contributed by atoms with van der Waals surface area (Å²) >= 11 is 0. The molecule has 1 heterocycles. The maximum absolute atomic E-state index is 13.5. The van der Waals surface area contributed by atoms with Gasteiger partial charge in [-0.1, -0.05) is 18.2 Å². The van der Waals surface area contributed by atoms with Crippen molar-refractivity contribution in [2.24, 2.45) is 0 Å². The van der Waals surface area contributed by atoms with Gasteiger partial charge in [0.2, 0.25) is 0 Å². The molecule has 1 saturated carbocycles. The second kappa shape index (κ2) is 8.20. The lowest BCUT2D eigenvalue weighted by Crippen LogP contribution is -2.28. The van der Waals surface area contributed by atoms with E-state index in [1.807, 2.05) is 13.0 Å².